The van der Waals surface area contributed by atoms with Crippen molar-refractivity contribution in [3.63, 3.8) is 0 Å². The number of amides is 2. The molecule has 1 fully saturated rings. The number of carbonyl (C=O) groups is 3. The Labute approximate surface area is 163 Å². The van der Waals surface area contributed by atoms with Crippen molar-refractivity contribution in [2.75, 3.05) is 38.1 Å². The Hall–Kier alpha value is -3.42. The standard InChI is InChI=1S/C20H22N4O4/c1-2-28-20(27)16-5-3-4-6-17(16)22-15-7-8-21-18(13-15)19(26)24-11-9-23(14-25)10-12-24/h3-8,13-14H,2,9-12H2,1H3,(H,21,22). The van der Waals surface area contributed by atoms with Gasteiger partial charge in [0.15, 0.2) is 0 Å². The van der Waals surface area contributed by atoms with E-state index in [-0.39, 0.29) is 5.91 Å². The molecular formula is C20H22N4O4. The van der Waals surface area contributed by atoms with Crippen molar-refractivity contribution in [3.8, 4) is 0 Å². The van der Waals surface area contributed by atoms with Crippen LogP contribution < -0.4 is 5.32 Å². The highest BCUT2D eigenvalue weighted by atomic mass is 16.5. The molecule has 0 aliphatic carbocycles. The van der Waals surface area contributed by atoms with Gasteiger partial charge in [-0.1, -0.05) is 12.1 Å². The molecule has 0 unspecified atom stereocenters. The Morgan fingerprint density at radius 1 is 1.18 bits per heavy atom. The van der Waals surface area contributed by atoms with Crippen molar-refractivity contribution in [1.29, 1.82) is 0 Å². The molecule has 0 atom stereocenters. The maximum absolute atomic E-state index is 12.7. The molecule has 28 heavy (non-hydrogen) atoms. The van der Waals surface area contributed by atoms with Crippen molar-refractivity contribution in [2.45, 2.75) is 6.92 Å². The molecule has 0 spiro atoms. The second-order valence-electron chi connectivity index (χ2n) is 6.25. The number of esters is 1. The lowest BCUT2D eigenvalue weighted by atomic mass is 10.1. The van der Waals surface area contributed by atoms with Crippen molar-refractivity contribution in [2.24, 2.45) is 0 Å². The molecule has 1 aliphatic heterocycles. The van der Waals surface area contributed by atoms with Crippen LogP contribution in [0.1, 0.15) is 27.8 Å². The van der Waals surface area contributed by atoms with Gasteiger partial charge in [0.05, 0.1) is 17.9 Å². The Morgan fingerprint density at radius 2 is 1.93 bits per heavy atom. The molecule has 0 saturated carbocycles. The second-order valence-corrected chi connectivity index (χ2v) is 6.25. The maximum Gasteiger partial charge on any atom is 0.340 e. The molecule has 8 nitrogen and oxygen atoms in total. The highest BCUT2D eigenvalue weighted by Crippen LogP contribution is 2.22. The monoisotopic (exact) mass is 382 g/mol. The van der Waals surface area contributed by atoms with Gasteiger partial charge < -0.3 is 19.9 Å². The average molecular weight is 382 g/mol. The zero-order valence-electron chi connectivity index (χ0n) is 15.6. The first-order chi connectivity index (χ1) is 13.6. The Balaban J connectivity index is 1.75. The van der Waals surface area contributed by atoms with Crippen LogP contribution in [0.3, 0.4) is 0 Å². The second kappa shape index (κ2) is 8.98. The molecule has 2 aromatic rings. The molecule has 1 N–H and O–H groups in total. The van der Waals surface area contributed by atoms with Gasteiger partial charge in [-0.15, -0.1) is 0 Å². The summed E-state index contributed by atoms with van der Waals surface area (Å²) in [5.41, 5.74) is 1.95. The zero-order chi connectivity index (χ0) is 19.9. The van der Waals surface area contributed by atoms with Crippen LogP contribution in [0.5, 0.6) is 0 Å². The summed E-state index contributed by atoms with van der Waals surface area (Å²) >= 11 is 0. The summed E-state index contributed by atoms with van der Waals surface area (Å²) in [6.07, 6.45) is 2.34. The number of para-hydroxylation sites is 1. The van der Waals surface area contributed by atoms with Gasteiger partial charge in [0, 0.05) is 38.1 Å². The summed E-state index contributed by atoms with van der Waals surface area (Å²) in [6, 6.07) is 10.4. The molecule has 2 heterocycles. The first kappa shape index (κ1) is 19.3. The normalized spacial score (nSPS) is 13.8. The molecular weight excluding hydrogens is 360 g/mol. The lowest BCUT2D eigenvalue weighted by Crippen LogP contribution is -2.48. The summed E-state index contributed by atoms with van der Waals surface area (Å²) in [7, 11) is 0. The summed E-state index contributed by atoms with van der Waals surface area (Å²) < 4.78 is 5.08. The number of nitrogens with zero attached hydrogens (tertiary/aromatic N) is 3. The predicted molar refractivity (Wildman–Crippen MR) is 103 cm³/mol. The fraction of sp³-hybridized carbons (Fsp3) is 0.300. The van der Waals surface area contributed by atoms with E-state index in [0.717, 1.165) is 6.41 Å². The number of pyridine rings is 1. The van der Waals surface area contributed by atoms with Crippen LogP contribution >= 0.6 is 0 Å². The number of benzene rings is 1. The molecule has 0 bridgehead atoms. The number of rotatable bonds is 6. The van der Waals surface area contributed by atoms with Crippen molar-refractivity contribution in [1.82, 2.24) is 14.8 Å². The van der Waals surface area contributed by atoms with E-state index < -0.39 is 5.97 Å². The number of anilines is 2. The number of hydrogen-bond donors (Lipinski definition) is 1. The quantitative estimate of drug-likeness (QED) is 0.606. The number of aromatic nitrogens is 1. The van der Waals surface area contributed by atoms with E-state index >= 15 is 0 Å². The minimum atomic E-state index is -0.413. The van der Waals surface area contributed by atoms with E-state index in [4.69, 9.17) is 4.74 Å². The van der Waals surface area contributed by atoms with E-state index in [2.05, 4.69) is 10.3 Å². The highest BCUT2D eigenvalue weighted by molar-refractivity contribution is 5.97. The number of piperazine rings is 1. The van der Waals surface area contributed by atoms with Crippen LogP contribution in [0, 0.1) is 0 Å². The van der Waals surface area contributed by atoms with E-state index in [1.807, 2.05) is 6.07 Å². The Kier molecular flexibility index (Phi) is 6.21. The molecule has 3 rings (SSSR count). The summed E-state index contributed by atoms with van der Waals surface area (Å²) in [5.74, 6) is -0.600. The molecule has 2 amide bonds. The summed E-state index contributed by atoms with van der Waals surface area (Å²) in [4.78, 5) is 43.1. The van der Waals surface area contributed by atoms with Crippen molar-refractivity contribution < 1.29 is 19.1 Å². The maximum atomic E-state index is 12.7. The smallest absolute Gasteiger partial charge is 0.340 e. The van der Waals surface area contributed by atoms with Crippen LogP contribution in [0.2, 0.25) is 0 Å². The fourth-order valence-corrected chi connectivity index (χ4v) is 2.95. The Morgan fingerprint density at radius 3 is 2.64 bits per heavy atom. The largest absolute Gasteiger partial charge is 0.462 e. The van der Waals surface area contributed by atoms with Crippen LogP contribution in [-0.4, -0.2) is 65.9 Å². The molecule has 1 aromatic carbocycles. The van der Waals surface area contributed by atoms with Gasteiger partial charge in [0.2, 0.25) is 6.41 Å². The minimum Gasteiger partial charge on any atom is -0.462 e. The van der Waals surface area contributed by atoms with Gasteiger partial charge in [-0.2, -0.15) is 0 Å². The third-order valence-electron chi connectivity index (χ3n) is 4.43. The number of hydrogen-bond acceptors (Lipinski definition) is 6. The molecule has 1 saturated heterocycles. The average Bonchev–Trinajstić information content (AvgIpc) is 2.74. The van der Waals surface area contributed by atoms with E-state index in [0.29, 0.717) is 55.4 Å². The molecule has 1 aromatic heterocycles. The lowest BCUT2D eigenvalue weighted by Gasteiger charge is -2.32. The molecule has 8 heteroatoms. The van der Waals surface area contributed by atoms with Gasteiger partial charge in [-0.3, -0.25) is 14.6 Å². The van der Waals surface area contributed by atoms with Gasteiger partial charge in [-0.25, -0.2) is 4.79 Å². The molecule has 0 radical (unpaired) electrons. The summed E-state index contributed by atoms with van der Waals surface area (Å²) in [5, 5.41) is 3.16. The fourth-order valence-electron chi connectivity index (χ4n) is 2.95. The first-order valence-electron chi connectivity index (χ1n) is 9.10. The van der Waals surface area contributed by atoms with Gasteiger partial charge >= 0.3 is 5.97 Å². The third kappa shape index (κ3) is 4.46. The van der Waals surface area contributed by atoms with E-state index in [1.54, 1.807) is 53.3 Å². The van der Waals surface area contributed by atoms with E-state index in [9.17, 15) is 14.4 Å². The van der Waals surface area contributed by atoms with Crippen molar-refractivity contribution in [3.05, 3.63) is 53.9 Å². The number of carbonyl (C=O) groups excluding carboxylic acids is 3. The van der Waals surface area contributed by atoms with Gasteiger partial charge in [0.25, 0.3) is 5.91 Å². The predicted octanol–water partition coefficient (Wildman–Crippen LogP) is 1.92. The minimum absolute atomic E-state index is 0.187. The topological polar surface area (TPSA) is 91.8 Å². The van der Waals surface area contributed by atoms with Crippen LogP contribution in [-0.2, 0) is 9.53 Å². The number of nitrogens with one attached hydrogen (secondary N) is 1. The van der Waals surface area contributed by atoms with Crippen LogP contribution in [0.25, 0.3) is 0 Å². The van der Waals surface area contributed by atoms with Gasteiger partial charge in [-0.05, 0) is 31.2 Å². The first-order valence-corrected chi connectivity index (χ1v) is 9.10. The SMILES string of the molecule is CCOC(=O)c1ccccc1Nc1ccnc(C(=O)N2CCN(C=O)CC2)c1. The molecule has 146 valence electrons. The zero-order valence-corrected chi connectivity index (χ0v) is 15.6. The Bertz CT molecular complexity index is 863. The van der Waals surface area contributed by atoms with Crippen molar-refractivity contribution >= 4 is 29.7 Å². The van der Waals surface area contributed by atoms with Crippen LogP contribution in [0.15, 0.2) is 42.6 Å². The van der Waals surface area contributed by atoms with Gasteiger partial charge in [0.1, 0.15) is 5.69 Å². The third-order valence-corrected chi connectivity index (χ3v) is 4.43. The summed E-state index contributed by atoms with van der Waals surface area (Å²) in [6.45, 7) is 4.02. The van der Waals surface area contributed by atoms with E-state index in [1.165, 1.54) is 0 Å². The molecule has 1 aliphatic rings. The van der Waals surface area contributed by atoms with Crippen LogP contribution in [0.4, 0.5) is 11.4 Å². The number of ether oxygens (including phenoxy) is 1. The lowest BCUT2D eigenvalue weighted by molar-refractivity contribution is -0.119. The highest BCUT2D eigenvalue weighted by Gasteiger charge is 2.22.